The summed E-state index contributed by atoms with van der Waals surface area (Å²) in [6.07, 6.45) is 3.74. The summed E-state index contributed by atoms with van der Waals surface area (Å²) in [5, 5.41) is 2.49. The van der Waals surface area contributed by atoms with E-state index in [0.29, 0.717) is 5.82 Å². The molecule has 0 aliphatic carbocycles. The Labute approximate surface area is 388 Å². The van der Waals surface area contributed by atoms with E-state index in [1.54, 1.807) is 6.20 Å². The highest BCUT2D eigenvalue weighted by Gasteiger charge is 2.15. The Morgan fingerprint density at radius 3 is 1.30 bits per heavy atom. The maximum absolute atomic E-state index is 5.10. The third-order valence-electron chi connectivity index (χ3n) is 12.4. The maximum Gasteiger partial charge on any atom is 0.160 e. The van der Waals surface area contributed by atoms with Crippen LogP contribution in [-0.2, 0) is 0 Å². The number of benzene rings is 7. The Hall–Kier alpha value is -9.13. The zero-order valence-electron chi connectivity index (χ0n) is 36.3. The zero-order valence-corrected chi connectivity index (χ0v) is 36.3. The number of pyridine rings is 3. The van der Waals surface area contributed by atoms with E-state index >= 15 is 0 Å². The standard InChI is InChI=1S/C61H40N6/c1-3-13-45(14-4-1)55-39-56(66-61(65-55)47-15-5-2-6-16-47)46-28-26-42(27-29-46)41-22-24-43(25-23-41)48-32-35-54(63-40-48)58-38-49(37-57(64-58)53-19-11-12-36-62-53)44-30-33-50(34-31-44)67-59-20-9-7-17-51(59)52-18-8-10-21-60(52)67/h1-40H. The highest BCUT2D eigenvalue weighted by atomic mass is 15.0. The molecular formula is C61H40N6. The fraction of sp³-hybridized carbons (Fsp3) is 0. The summed E-state index contributed by atoms with van der Waals surface area (Å²) in [7, 11) is 0. The smallest absolute Gasteiger partial charge is 0.160 e. The third-order valence-corrected chi connectivity index (χ3v) is 12.4. The van der Waals surface area contributed by atoms with Gasteiger partial charge in [0.05, 0.1) is 45.2 Å². The number of aromatic nitrogens is 6. The molecule has 0 unspecified atom stereocenters. The van der Waals surface area contributed by atoms with Crippen molar-refractivity contribution in [1.29, 1.82) is 0 Å². The molecule has 0 bridgehead atoms. The second-order valence-corrected chi connectivity index (χ2v) is 16.5. The lowest BCUT2D eigenvalue weighted by Gasteiger charge is -2.12. The SMILES string of the molecule is c1ccc(-c2cc(-c3ccc(-c4ccc(-c5ccc(-c6cc(-c7ccc(-n8c9ccccc9c9ccccc98)cc7)cc(-c7ccccn7)n6)nc5)cc4)cc3)nc(-c3ccccc3)n2)cc1. The molecule has 0 fully saturated rings. The van der Waals surface area contributed by atoms with Gasteiger partial charge < -0.3 is 4.57 Å². The van der Waals surface area contributed by atoms with Crippen LogP contribution in [0.1, 0.15) is 0 Å². The number of para-hydroxylation sites is 2. The number of hydrogen-bond donors (Lipinski definition) is 0. The van der Waals surface area contributed by atoms with Crippen molar-refractivity contribution in [3.05, 3.63) is 243 Å². The molecule has 5 heterocycles. The Kier molecular flexibility index (Phi) is 10.1. The first-order chi connectivity index (χ1) is 33.2. The van der Waals surface area contributed by atoms with Gasteiger partial charge in [0.1, 0.15) is 0 Å². The highest BCUT2D eigenvalue weighted by Crippen LogP contribution is 2.35. The number of rotatable bonds is 9. The molecule has 0 saturated carbocycles. The average Bonchev–Trinajstić information content (AvgIpc) is 3.76. The Balaban J connectivity index is 0.812. The van der Waals surface area contributed by atoms with E-state index in [-0.39, 0.29) is 0 Å². The maximum atomic E-state index is 5.10. The minimum Gasteiger partial charge on any atom is -0.309 e. The fourth-order valence-corrected chi connectivity index (χ4v) is 8.95. The van der Waals surface area contributed by atoms with Crippen LogP contribution in [0.2, 0.25) is 0 Å². The molecule has 0 saturated heterocycles. The van der Waals surface area contributed by atoms with Crippen LogP contribution in [0.25, 0.3) is 118 Å². The summed E-state index contributed by atoms with van der Waals surface area (Å²) in [6, 6.07) is 80.0. The van der Waals surface area contributed by atoms with Crippen molar-refractivity contribution in [3.63, 3.8) is 0 Å². The van der Waals surface area contributed by atoms with Gasteiger partial charge in [-0.15, -0.1) is 0 Å². The molecule has 0 aliphatic rings. The molecular weight excluding hydrogens is 817 g/mol. The van der Waals surface area contributed by atoms with Gasteiger partial charge in [0.15, 0.2) is 5.82 Å². The van der Waals surface area contributed by atoms with E-state index in [9.17, 15) is 0 Å². The van der Waals surface area contributed by atoms with Crippen molar-refractivity contribution in [2.45, 2.75) is 0 Å². The van der Waals surface area contributed by atoms with Crippen molar-refractivity contribution < 1.29 is 0 Å². The first-order valence-electron chi connectivity index (χ1n) is 22.4. The number of fused-ring (bicyclic) bond motifs is 3. The summed E-state index contributed by atoms with van der Waals surface area (Å²) in [5.74, 6) is 0.705. The monoisotopic (exact) mass is 856 g/mol. The van der Waals surface area contributed by atoms with Crippen molar-refractivity contribution in [1.82, 2.24) is 29.5 Å². The van der Waals surface area contributed by atoms with Crippen LogP contribution in [-0.4, -0.2) is 29.5 Å². The molecule has 314 valence electrons. The molecule has 12 aromatic rings. The van der Waals surface area contributed by atoms with Gasteiger partial charge in [0.2, 0.25) is 0 Å². The van der Waals surface area contributed by atoms with Crippen LogP contribution in [0.3, 0.4) is 0 Å². The largest absolute Gasteiger partial charge is 0.309 e. The molecule has 6 nitrogen and oxygen atoms in total. The van der Waals surface area contributed by atoms with Gasteiger partial charge in [0, 0.05) is 51.1 Å². The van der Waals surface area contributed by atoms with E-state index in [0.717, 1.165) is 89.9 Å². The van der Waals surface area contributed by atoms with Crippen LogP contribution < -0.4 is 0 Å². The van der Waals surface area contributed by atoms with Gasteiger partial charge in [0.25, 0.3) is 0 Å². The van der Waals surface area contributed by atoms with Gasteiger partial charge in [-0.25, -0.2) is 15.0 Å². The van der Waals surface area contributed by atoms with Crippen LogP contribution in [0.4, 0.5) is 0 Å². The molecule has 0 radical (unpaired) electrons. The molecule has 0 amide bonds. The van der Waals surface area contributed by atoms with E-state index in [4.69, 9.17) is 19.9 Å². The number of hydrogen-bond acceptors (Lipinski definition) is 5. The fourth-order valence-electron chi connectivity index (χ4n) is 8.95. The molecule has 0 atom stereocenters. The predicted octanol–water partition coefficient (Wildman–Crippen LogP) is 15.1. The quantitative estimate of drug-likeness (QED) is 0.145. The lowest BCUT2D eigenvalue weighted by atomic mass is 9.99. The summed E-state index contributed by atoms with van der Waals surface area (Å²) in [6.45, 7) is 0. The summed E-state index contributed by atoms with van der Waals surface area (Å²) < 4.78 is 2.34. The molecule has 12 rings (SSSR count). The second kappa shape index (κ2) is 17.1. The third kappa shape index (κ3) is 7.73. The molecule has 5 aromatic heterocycles. The Bertz CT molecular complexity index is 3570. The normalized spacial score (nSPS) is 11.3. The first kappa shape index (κ1) is 39.5. The van der Waals surface area contributed by atoms with E-state index in [1.165, 1.54) is 21.8 Å². The molecule has 7 aromatic carbocycles. The van der Waals surface area contributed by atoms with Gasteiger partial charge in [-0.1, -0.05) is 170 Å². The van der Waals surface area contributed by atoms with Crippen molar-refractivity contribution >= 4 is 21.8 Å². The van der Waals surface area contributed by atoms with E-state index in [2.05, 4.69) is 185 Å². The van der Waals surface area contributed by atoms with E-state index in [1.807, 2.05) is 60.8 Å². The molecule has 67 heavy (non-hydrogen) atoms. The van der Waals surface area contributed by atoms with Crippen LogP contribution in [0.5, 0.6) is 0 Å². The molecule has 0 N–H and O–H groups in total. The minimum absolute atomic E-state index is 0.705. The second-order valence-electron chi connectivity index (χ2n) is 16.5. The summed E-state index contributed by atoms with van der Waals surface area (Å²) in [5.41, 5.74) is 18.0. The average molecular weight is 857 g/mol. The topological polar surface area (TPSA) is 69.4 Å². The minimum atomic E-state index is 0.705. The van der Waals surface area contributed by atoms with Crippen LogP contribution >= 0.6 is 0 Å². The van der Waals surface area contributed by atoms with Crippen molar-refractivity contribution in [2.75, 3.05) is 0 Å². The first-order valence-corrected chi connectivity index (χ1v) is 22.4. The highest BCUT2D eigenvalue weighted by molar-refractivity contribution is 6.09. The summed E-state index contributed by atoms with van der Waals surface area (Å²) >= 11 is 0. The lowest BCUT2D eigenvalue weighted by molar-refractivity contribution is 1.18. The Morgan fingerprint density at radius 1 is 0.269 bits per heavy atom. The van der Waals surface area contributed by atoms with Crippen LogP contribution in [0.15, 0.2) is 243 Å². The molecule has 0 aliphatic heterocycles. The van der Waals surface area contributed by atoms with Crippen molar-refractivity contribution in [2.24, 2.45) is 0 Å². The predicted molar refractivity (Wildman–Crippen MR) is 273 cm³/mol. The van der Waals surface area contributed by atoms with Gasteiger partial charge in [-0.3, -0.25) is 9.97 Å². The molecule has 6 heteroatoms. The molecule has 0 spiro atoms. The van der Waals surface area contributed by atoms with Gasteiger partial charge in [-0.05, 0) is 88.5 Å². The van der Waals surface area contributed by atoms with Crippen LogP contribution in [0, 0.1) is 0 Å². The van der Waals surface area contributed by atoms with Gasteiger partial charge in [-0.2, -0.15) is 0 Å². The lowest BCUT2D eigenvalue weighted by Crippen LogP contribution is -1.96. The summed E-state index contributed by atoms with van der Waals surface area (Å²) in [4.78, 5) is 24.7. The van der Waals surface area contributed by atoms with E-state index < -0.39 is 0 Å². The number of nitrogens with zero attached hydrogens (tertiary/aromatic N) is 6. The van der Waals surface area contributed by atoms with Crippen molar-refractivity contribution in [3.8, 4) is 95.7 Å². The Morgan fingerprint density at radius 2 is 0.731 bits per heavy atom. The zero-order chi connectivity index (χ0) is 44.5. The van der Waals surface area contributed by atoms with Gasteiger partial charge >= 0.3 is 0 Å².